The maximum atomic E-state index is 12.6. The topological polar surface area (TPSA) is 67.4 Å². The minimum absolute atomic E-state index is 0.0454. The lowest BCUT2D eigenvalue weighted by molar-refractivity contribution is -0.123. The third kappa shape index (κ3) is 5.76. The van der Waals surface area contributed by atoms with Gasteiger partial charge in [0.25, 0.3) is 11.8 Å². The van der Waals surface area contributed by atoms with Crippen LogP contribution in [0.3, 0.4) is 0 Å². The Bertz CT molecular complexity index is 756. The summed E-state index contributed by atoms with van der Waals surface area (Å²) in [5, 5.41) is 7.65. The highest BCUT2D eigenvalue weighted by molar-refractivity contribution is 6.01. The van der Waals surface area contributed by atoms with Gasteiger partial charge in [0.05, 0.1) is 5.56 Å². The maximum Gasteiger partial charge on any atom is 0.258 e. The fraction of sp³-hybridized carbons (Fsp3) is 0.429. The van der Waals surface area contributed by atoms with Gasteiger partial charge in [-0.1, -0.05) is 44.0 Å². The van der Waals surface area contributed by atoms with Crippen LogP contribution in [0.5, 0.6) is 5.75 Å². The average Bonchev–Trinajstić information content (AvgIpc) is 2.62. The Labute approximate surface area is 155 Å². The van der Waals surface area contributed by atoms with Gasteiger partial charge in [-0.2, -0.15) is 0 Å². The lowest BCUT2D eigenvalue weighted by atomic mass is 10.1. The van der Waals surface area contributed by atoms with Crippen molar-refractivity contribution >= 4 is 22.6 Å². The first kappa shape index (κ1) is 19.8. The van der Waals surface area contributed by atoms with Crippen molar-refractivity contribution in [1.82, 2.24) is 10.6 Å². The number of fused-ring (bicyclic) bond motifs is 1. The zero-order chi connectivity index (χ0) is 18.9. The molecule has 2 rings (SSSR count). The molecule has 26 heavy (non-hydrogen) atoms. The molecular formula is C21H28N2O3. The number of rotatable bonds is 9. The predicted molar refractivity (Wildman–Crippen MR) is 105 cm³/mol. The van der Waals surface area contributed by atoms with Crippen LogP contribution in [0.1, 0.15) is 50.4 Å². The summed E-state index contributed by atoms with van der Waals surface area (Å²) in [6.45, 7) is 6.42. The van der Waals surface area contributed by atoms with Crippen LogP contribution >= 0.6 is 0 Å². The molecule has 2 N–H and O–H groups in total. The second-order valence-electron chi connectivity index (χ2n) is 6.67. The number of amides is 2. The van der Waals surface area contributed by atoms with Crippen LogP contribution < -0.4 is 15.4 Å². The van der Waals surface area contributed by atoms with Gasteiger partial charge in [0.15, 0.2) is 6.61 Å². The first-order valence-corrected chi connectivity index (χ1v) is 9.24. The van der Waals surface area contributed by atoms with Crippen LogP contribution in [0.15, 0.2) is 36.4 Å². The fourth-order valence-corrected chi connectivity index (χ4v) is 2.70. The zero-order valence-corrected chi connectivity index (χ0v) is 15.8. The smallest absolute Gasteiger partial charge is 0.258 e. The summed E-state index contributed by atoms with van der Waals surface area (Å²) >= 11 is 0. The molecule has 0 bridgehead atoms. The lowest BCUT2D eigenvalue weighted by Crippen LogP contribution is -2.34. The van der Waals surface area contributed by atoms with Crippen LogP contribution in [-0.4, -0.2) is 31.0 Å². The van der Waals surface area contributed by atoms with Crippen molar-refractivity contribution in [1.29, 1.82) is 0 Å². The molecule has 5 nitrogen and oxygen atoms in total. The molecule has 5 heteroatoms. The summed E-state index contributed by atoms with van der Waals surface area (Å²) in [7, 11) is 0. The van der Waals surface area contributed by atoms with Crippen molar-refractivity contribution in [2.24, 2.45) is 0 Å². The van der Waals surface area contributed by atoms with E-state index in [1.54, 1.807) is 0 Å². The Morgan fingerprint density at radius 2 is 1.77 bits per heavy atom. The molecule has 2 aromatic carbocycles. The van der Waals surface area contributed by atoms with Crippen molar-refractivity contribution in [3.63, 3.8) is 0 Å². The highest BCUT2D eigenvalue weighted by Gasteiger charge is 2.15. The third-order valence-electron chi connectivity index (χ3n) is 3.97. The SMILES string of the molecule is CCCCCNC(=O)c1cc2ccccc2cc1OCC(=O)NC(C)C. The summed E-state index contributed by atoms with van der Waals surface area (Å²) in [6.07, 6.45) is 3.13. The van der Waals surface area contributed by atoms with Crippen LogP contribution in [0.2, 0.25) is 0 Å². The van der Waals surface area contributed by atoms with E-state index in [1.807, 2.05) is 50.2 Å². The van der Waals surface area contributed by atoms with Crippen molar-refractivity contribution in [2.75, 3.05) is 13.2 Å². The standard InChI is InChI=1S/C21H28N2O3/c1-4-5-8-11-22-21(25)18-12-16-9-6-7-10-17(16)13-19(18)26-14-20(24)23-15(2)3/h6-7,9-10,12-13,15H,4-5,8,11,14H2,1-3H3,(H,22,25)(H,23,24). The Hall–Kier alpha value is -2.56. The van der Waals surface area contributed by atoms with Gasteiger partial charge in [-0.25, -0.2) is 0 Å². The van der Waals surface area contributed by atoms with Gasteiger partial charge in [0.2, 0.25) is 0 Å². The van der Waals surface area contributed by atoms with Gasteiger partial charge in [-0.05, 0) is 43.2 Å². The molecule has 0 saturated carbocycles. The molecule has 140 valence electrons. The molecule has 0 heterocycles. The number of benzene rings is 2. The molecule has 0 aliphatic carbocycles. The number of nitrogens with one attached hydrogen (secondary N) is 2. The quantitative estimate of drug-likeness (QED) is 0.674. The predicted octanol–water partition coefficient (Wildman–Crippen LogP) is 3.66. The molecular weight excluding hydrogens is 328 g/mol. The number of ether oxygens (including phenoxy) is 1. The third-order valence-corrected chi connectivity index (χ3v) is 3.97. The molecule has 0 fully saturated rings. The van der Waals surface area contributed by atoms with E-state index >= 15 is 0 Å². The van der Waals surface area contributed by atoms with E-state index in [2.05, 4.69) is 17.6 Å². The van der Waals surface area contributed by atoms with E-state index in [4.69, 9.17) is 4.74 Å². The first-order chi connectivity index (χ1) is 12.5. The van der Waals surface area contributed by atoms with E-state index in [0.29, 0.717) is 17.9 Å². The van der Waals surface area contributed by atoms with Crippen LogP contribution in [-0.2, 0) is 4.79 Å². The van der Waals surface area contributed by atoms with E-state index < -0.39 is 0 Å². The number of hydrogen-bond donors (Lipinski definition) is 2. The molecule has 0 aromatic heterocycles. The van der Waals surface area contributed by atoms with Gasteiger partial charge in [-0.15, -0.1) is 0 Å². The Morgan fingerprint density at radius 1 is 1.08 bits per heavy atom. The monoisotopic (exact) mass is 356 g/mol. The van der Waals surface area contributed by atoms with Gasteiger partial charge in [-0.3, -0.25) is 9.59 Å². The molecule has 0 radical (unpaired) electrons. The Kier molecular flexibility index (Phi) is 7.45. The van der Waals surface area contributed by atoms with E-state index in [1.165, 1.54) is 0 Å². The van der Waals surface area contributed by atoms with Crippen LogP contribution in [0, 0.1) is 0 Å². The molecule has 0 atom stereocenters. The number of carbonyl (C=O) groups excluding carboxylic acids is 2. The van der Waals surface area contributed by atoms with Crippen LogP contribution in [0.25, 0.3) is 10.8 Å². The van der Waals surface area contributed by atoms with Crippen molar-refractivity contribution < 1.29 is 14.3 Å². The van der Waals surface area contributed by atoms with E-state index in [-0.39, 0.29) is 24.5 Å². The highest BCUT2D eigenvalue weighted by Crippen LogP contribution is 2.26. The summed E-state index contributed by atoms with van der Waals surface area (Å²) < 4.78 is 5.68. The molecule has 2 amide bonds. The minimum Gasteiger partial charge on any atom is -0.483 e. The first-order valence-electron chi connectivity index (χ1n) is 9.24. The van der Waals surface area contributed by atoms with Gasteiger partial charge in [0.1, 0.15) is 5.75 Å². The number of unbranched alkanes of at least 4 members (excludes halogenated alkanes) is 2. The lowest BCUT2D eigenvalue weighted by Gasteiger charge is -2.14. The van der Waals surface area contributed by atoms with Gasteiger partial charge < -0.3 is 15.4 Å². The normalized spacial score (nSPS) is 10.8. The summed E-state index contributed by atoms with van der Waals surface area (Å²) in [6, 6.07) is 11.5. The Morgan fingerprint density at radius 3 is 2.42 bits per heavy atom. The second-order valence-corrected chi connectivity index (χ2v) is 6.67. The van der Waals surface area contributed by atoms with Gasteiger partial charge >= 0.3 is 0 Å². The average molecular weight is 356 g/mol. The summed E-state index contributed by atoms with van der Waals surface area (Å²) in [5.74, 6) is 0.0455. The summed E-state index contributed by atoms with van der Waals surface area (Å²) in [4.78, 5) is 24.5. The largest absolute Gasteiger partial charge is 0.483 e. The molecule has 0 spiro atoms. The molecule has 0 unspecified atom stereocenters. The number of carbonyl (C=O) groups is 2. The molecule has 0 saturated heterocycles. The van der Waals surface area contributed by atoms with E-state index in [9.17, 15) is 9.59 Å². The van der Waals surface area contributed by atoms with E-state index in [0.717, 1.165) is 30.0 Å². The van der Waals surface area contributed by atoms with Crippen LogP contribution in [0.4, 0.5) is 0 Å². The summed E-state index contributed by atoms with van der Waals surface area (Å²) in [5.41, 5.74) is 0.456. The Balaban J connectivity index is 2.18. The molecule has 2 aromatic rings. The zero-order valence-electron chi connectivity index (χ0n) is 15.8. The minimum atomic E-state index is -0.206. The number of hydrogen-bond acceptors (Lipinski definition) is 3. The van der Waals surface area contributed by atoms with Gasteiger partial charge in [0, 0.05) is 12.6 Å². The molecule has 0 aliphatic heterocycles. The fourth-order valence-electron chi connectivity index (χ4n) is 2.70. The van der Waals surface area contributed by atoms with Crippen molar-refractivity contribution in [3.05, 3.63) is 42.0 Å². The van der Waals surface area contributed by atoms with Crippen molar-refractivity contribution in [3.8, 4) is 5.75 Å². The second kappa shape index (κ2) is 9.80. The molecule has 0 aliphatic rings. The maximum absolute atomic E-state index is 12.6. The highest BCUT2D eigenvalue weighted by atomic mass is 16.5. The van der Waals surface area contributed by atoms with Crippen molar-refractivity contribution in [2.45, 2.75) is 46.1 Å².